The molecule has 6 heteroatoms. The Morgan fingerprint density at radius 2 is 1.70 bits per heavy atom. The number of hydrogen-bond acceptors (Lipinski definition) is 3. The third-order valence-corrected chi connectivity index (χ3v) is 4.97. The summed E-state index contributed by atoms with van der Waals surface area (Å²) in [5, 5.41) is 6.51. The van der Waals surface area contributed by atoms with Crippen LogP contribution in [0.2, 0.25) is 0 Å². The van der Waals surface area contributed by atoms with E-state index in [9.17, 15) is 4.39 Å². The second kappa shape index (κ2) is 9.35. The van der Waals surface area contributed by atoms with Gasteiger partial charge < -0.3 is 15.5 Å². The Balaban J connectivity index is 1.47. The molecule has 1 aromatic heterocycles. The van der Waals surface area contributed by atoms with Crippen LogP contribution in [0.5, 0.6) is 0 Å². The van der Waals surface area contributed by atoms with Gasteiger partial charge in [0.2, 0.25) is 0 Å². The van der Waals surface area contributed by atoms with Gasteiger partial charge in [-0.3, -0.25) is 4.99 Å². The van der Waals surface area contributed by atoms with Crippen LogP contribution in [-0.4, -0.2) is 31.1 Å². The molecule has 0 spiro atoms. The highest BCUT2D eigenvalue weighted by Crippen LogP contribution is 2.21. The summed E-state index contributed by atoms with van der Waals surface area (Å²) >= 11 is 0. The number of aromatic nitrogens is 1. The summed E-state index contributed by atoms with van der Waals surface area (Å²) in [5.74, 6) is 2.35. The molecular weight excluding hydrogens is 341 g/mol. The number of pyridine rings is 1. The van der Waals surface area contributed by atoms with Crippen molar-refractivity contribution in [3.8, 4) is 0 Å². The van der Waals surface area contributed by atoms with E-state index in [1.165, 1.54) is 25.0 Å². The van der Waals surface area contributed by atoms with Crippen LogP contribution in [0.3, 0.4) is 0 Å². The number of anilines is 1. The van der Waals surface area contributed by atoms with Gasteiger partial charge in [0.05, 0.1) is 0 Å². The smallest absolute Gasteiger partial charge is 0.191 e. The Bertz CT molecular complexity index is 734. The second-order valence-corrected chi connectivity index (χ2v) is 7.10. The maximum Gasteiger partial charge on any atom is 0.191 e. The van der Waals surface area contributed by atoms with Crippen LogP contribution in [0, 0.1) is 11.7 Å². The summed E-state index contributed by atoms with van der Waals surface area (Å²) in [6.45, 7) is 5.73. The molecule has 0 radical (unpaired) electrons. The molecule has 2 heterocycles. The fraction of sp³-hybridized carbons (Fsp3) is 0.429. The number of halogens is 1. The summed E-state index contributed by atoms with van der Waals surface area (Å²) in [7, 11) is 1.73. The monoisotopic (exact) mass is 369 g/mol. The van der Waals surface area contributed by atoms with Gasteiger partial charge in [-0.05, 0) is 48.1 Å². The molecule has 144 valence electrons. The third-order valence-electron chi connectivity index (χ3n) is 4.97. The van der Waals surface area contributed by atoms with Gasteiger partial charge in [-0.1, -0.05) is 25.1 Å². The van der Waals surface area contributed by atoms with E-state index >= 15 is 0 Å². The van der Waals surface area contributed by atoms with Crippen LogP contribution in [0.25, 0.3) is 0 Å². The number of aliphatic imine (C=N–C) groups is 1. The number of piperidine rings is 1. The highest BCUT2D eigenvalue weighted by atomic mass is 19.1. The first-order chi connectivity index (χ1) is 13.1. The van der Waals surface area contributed by atoms with E-state index in [0.717, 1.165) is 36.0 Å². The second-order valence-electron chi connectivity index (χ2n) is 7.10. The van der Waals surface area contributed by atoms with E-state index in [0.29, 0.717) is 19.0 Å². The molecule has 3 rings (SSSR count). The Kier molecular flexibility index (Phi) is 6.63. The largest absolute Gasteiger partial charge is 0.357 e. The Morgan fingerprint density at radius 1 is 1.07 bits per heavy atom. The Labute approximate surface area is 160 Å². The first-order valence-electron chi connectivity index (χ1n) is 9.53. The zero-order valence-electron chi connectivity index (χ0n) is 16.1. The molecule has 0 saturated carbocycles. The van der Waals surface area contributed by atoms with Crippen LogP contribution in [0.1, 0.15) is 30.9 Å². The minimum absolute atomic E-state index is 0.226. The molecule has 5 nitrogen and oxygen atoms in total. The first-order valence-corrected chi connectivity index (χ1v) is 9.53. The van der Waals surface area contributed by atoms with Crippen molar-refractivity contribution >= 4 is 11.8 Å². The van der Waals surface area contributed by atoms with E-state index in [1.807, 2.05) is 6.20 Å². The zero-order chi connectivity index (χ0) is 19.1. The minimum atomic E-state index is -0.226. The maximum atomic E-state index is 13.0. The molecule has 2 aromatic rings. The van der Waals surface area contributed by atoms with Crippen molar-refractivity contribution in [2.24, 2.45) is 10.9 Å². The lowest BCUT2D eigenvalue weighted by Crippen LogP contribution is -2.36. The van der Waals surface area contributed by atoms with Crippen LogP contribution < -0.4 is 15.5 Å². The Hall–Kier alpha value is -2.63. The van der Waals surface area contributed by atoms with Crippen LogP contribution in [-0.2, 0) is 13.1 Å². The predicted molar refractivity (Wildman–Crippen MR) is 108 cm³/mol. The molecule has 27 heavy (non-hydrogen) atoms. The fourth-order valence-electron chi connectivity index (χ4n) is 3.14. The molecule has 0 aliphatic carbocycles. The van der Waals surface area contributed by atoms with Crippen molar-refractivity contribution in [2.45, 2.75) is 32.9 Å². The lowest BCUT2D eigenvalue weighted by Gasteiger charge is -2.31. The number of benzene rings is 1. The van der Waals surface area contributed by atoms with Gasteiger partial charge in [0, 0.05) is 39.4 Å². The molecule has 0 unspecified atom stereocenters. The molecule has 2 N–H and O–H groups in total. The van der Waals surface area contributed by atoms with Gasteiger partial charge in [0.15, 0.2) is 5.96 Å². The van der Waals surface area contributed by atoms with Crippen molar-refractivity contribution in [3.05, 3.63) is 59.5 Å². The van der Waals surface area contributed by atoms with Gasteiger partial charge in [-0.2, -0.15) is 0 Å². The highest BCUT2D eigenvalue weighted by molar-refractivity contribution is 5.79. The molecule has 1 fully saturated rings. The lowest BCUT2D eigenvalue weighted by molar-refractivity contribution is 0.436. The number of hydrogen-bond donors (Lipinski definition) is 2. The average Bonchev–Trinajstić information content (AvgIpc) is 2.70. The Morgan fingerprint density at radius 3 is 2.30 bits per heavy atom. The van der Waals surface area contributed by atoms with E-state index in [4.69, 9.17) is 0 Å². The quantitative estimate of drug-likeness (QED) is 0.627. The van der Waals surface area contributed by atoms with Crippen LogP contribution in [0.4, 0.5) is 10.2 Å². The average molecular weight is 369 g/mol. The summed E-state index contributed by atoms with van der Waals surface area (Å²) in [5.41, 5.74) is 2.11. The standard InChI is InChI=1S/C21H28FN5/c1-16-9-11-27(12-10-16)20-8-5-18(14-24-20)15-26-21(23-2)25-13-17-3-6-19(22)7-4-17/h3-8,14,16H,9-13,15H2,1-2H3,(H2,23,25,26). The topological polar surface area (TPSA) is 52.6 Å². The van der Waals surface area contributed by atoms with Gasteiger partial charge in [-0.15, -0.1) is 0 Å². The molecule has 0 amide bonds. The number of nitrogens with zero attached hydrogens (tertiary/aromatic N) is 3. The molecule has 1 aromatic carbocycles. The van der Waals surface area contributed by atoms with Gasteiger partial charge >= 0.3 is 0 Å². The number of nitrogens with one attached hydrogen (secondary N) is 2. The third kappa shape index (κ3) is 5.67. The van der Waals surface area contributed by atoms with E-state index in [1.54, 1.807) is 19.2 Å². The maximum absolute atomic E-state index is 13.0. The van der Waals surface area contributed by atoms with E-state index in [2.05, 4.69) is 44.6 Å². The number of guanidine groups is 1. The van der Waals surface area contributed by atoms with Crippen molar-refractivity contribution in [2.75, 3.05) is 25.0 Å². The minimum Gasteiger partial charge on any atom is -0.357 e. The van der Waals surface area contributed by atoms with Crippen molar-refractivity contribution in [3.63, 3.8) is 0 Å². The summed E-state index contributed by atoms with van der Waals surface area (Å²) in [6.07, 6.45) is 4.40. The molecule has 1 saturated heterocycles. The van der Waals surface area contributed by atoms with Crippen molar-refractivity contribution in [1.29, 1.82) is 0 Å². The summed E-state index contributed by atoms with van der Waals surface area (Å²) < 4.78 is 13.0. The van der Waals surface area contributed by atoms with Crippen molar-refractivity contribution < 1.29 is 4.39 Å². The normalized spacial score (nSPS) is 15.7. The predicted octanol–water partition coefficient (Wildman–Crippen LogP) is 3.32. The zero-order valence-corrected chi connectivity index (χ0v) is 16.1. The molecule has 1 aliphatic rings. The van der Waals surface area contributed by atoms with Gasteiger partial charge in [-0.25, -0.2) is 9.37 Å². The molecule has 0 bridgehead atoms. The molecular formula is C21H28FN5. The lowest BCUT2D eigenvalue weighted by atomic mass is 9.99. The summed E-state index contributed by atoms with van der Waals surface area (Å²) in [6, 6.07) is 10.7. The fourth-order valence-corrected chi connectivity index (χ4v) is 3.14. The SMILES string of the molecule is CN=C(NCc1ccc(F)cc1)NCc1ccc(N2CCC(C)CC2)nc1. The van der Waals surface area contributed by atoms with Gasteiger partial charge in [0.25, 0.3) is 0 Å². The molecule has 1 aliphatic heterocycles. The highest BCUT2D eigenvalue weighted by Gasteiger charge is 2.16. The number of rotatable bonds is 5. The van der Waals surface area contributed by atoms with Gasteiger partial charge in [0.1, 0.15) is 11.6 Å². The first kappa shape index (κ1) is 19.1. The van der Waals surface area contributed by atoms with Crippen LogP contribution >= 0.6 is 0 Å². The van der Waals surface area contributed by atoms with E-state index < -0.39 is 0 Å². The van der Waals surface area contributed by atoms with Crippen molar-refractivity contribution in [1.82, 2.24) is 15.6 Å². The van der Waals surface area contributed by atoms with E-state index in [-0.39, 0.29) is 5.82 Å². The molecule has 0 atom stereocenters. The summed E-state index contributed by atoms with van der Waals surface area (Å²) in [4.78, 5) is 11.2. The van der Waals surface area contributed by atoms with Crippen LogP contribution in [0.15, 0.2) is 47.6 Å².